The fourth-order valence-corrected chi connectivity index (χ4v) is 1.30. The normalized spacial score (nSPS) is 23.5. The number of nitrogens with zero attached hydrogens (tertiary/aromatic N) is 1. The highest BCUT2D eigenvalue weighted by Crippen LogP contribution is 2.08. The minimum atomic E-state index is -0.334. The van der Waals surface area contributed by atoms with Crippen molar-refractivity contribution < 1.29 is 9.90 Å². The van der Waals surface area contributed by atoms with E-state index >= 15 is 0 Å². The molecule has 1 heterocycles. The second-order valence-corrected chi connectivity index (χ2v) is 3.11. The van der Waals surface area contributed by atoms with Crippen molar-refractivity contribution in [3.63, 3.8) is 0 Å². The maximum Gasteiger partial charge on any atom is 0.246 e. The molecule has 1 N–H and O–H groups in total. The van der Waals surface area contributed by atoms with Crippen LogP contribution in [0.5, 0.6) is 0 Å². The Hall–Kier alpha value is -1.09. The third-order valence-electron chi connectivity index (χ3n) is 2.02. The van der Waals surface area contributed by atoms with Gasteiger partial charge in [-0.1, -0.05) is 18.2 Å². The first-order valence-corrected chi connectivity index (χ1v) is 4.50. The van der Waals surface area contributed by atoms with E-state index in [1.165, 1.54) is 6.08 Å². The van der Waals surface area contributed by atoms with Crippen LogP contribution in [0, 0.1) is 0 Å². The number of carbonyl (C=O) groups excluding carboxylic acids is 1. The summed E-state index contributed by atoms with van der Waals surface area (Å²) in [6, 6.07) is 0. The summed E-state index contributed by atoms with van der Waals surface area (Å²) < 4.78 is 0. The molecule has 1 atom stereocenters. The minimum Gasteiger partial charge on any atom is -0.391 e. The third-order valence-corrected chi connectivity index (χ3v) is 2.02. The fraction of sp³-hybridized carbons (Fsp3) is 0.500. The van der Waals surface area contributed by atoms with Gasteiger partial charge in [-0.3, -0.25) is 4.79 Å². The van der Waals surface area contributed by atoms with Gasteiger partial charge in [-0.25, -0.2) is 0 Å². The van der Waals surface area contributed by atoms with Gasteiger partial charge in [-0.2, -0.15) is 0 Å². The molecule has 1 aliphatic rings. The Bertz CT molecular complexity index is 233. The van der Waals surface area contributed by atoms with E-state index in [2.05, 4.69) is 0 Å². The second-order valence-electron chi connectivity index (χ2n) is 3.11. The quantitative estimate of drug-likeness (QED) is 0.503. The molecule has 1 saturated heterocycles. The van der Waals surface area contributed by atoms with Gasteiger partial charge in [0, 0.05) is 19.2 Å². The molecule has 1 fully saturated rings. The van der Waals surface area contributed by atoms with Crippen molar-refractivity contribution in [2.75, 3.05) is 13.1 Å². The van der Waals surface area contributed by atoms with E-state index in [0.29, 0.717) is 19.5 Å². The lowest BCUT2D eigenvalue weighted by Gasteiger charge is -2.11. The maximum absolute atomic E-state index is 11.4. The summed E-state index contributed by atoms with van der Waals surface area (Å²) >= 11 is 0. The molecular formula is C10H15NO2. The Labute approximate surface area is 78.4 Å². The Kier molecular flexibility index (Phi) is 3.71. The summed E-state index contributed by atoms with van der Waals surface area (Å²) in [5, 5.41) is 9.19. The van der Waals surface area contributed by atoms with Crippen LogP contribution in [-0.4, -0.2) is 35.1 Å². The number of rotatable bonds is 2. The van der Waals surface area contributed by atoms with E-state index in [0.717, 1.165) is 0 Å². The first-order chi connectivity index (χ1) is 6.24. The third kappa shape index (κ3) is 3.03. The second kappa shape index (κ2) is 4.82. The summed E-state index contributed by atoms with van der Waals surface area (Å²) in [6.45, 7) is 3.04. The number of aliphatic hydroxyl groups excluding tert-OH is 1. The number of carbonyl (C=O) groups is 1. The van der Waals surface area contributed by atoms with Crippen molar-refractivity contribution in [3.05, 3.63) is 24.3 Å². The van der Waals surface area contributed by atoms with Gasteiger partial charge in [-0.15, -0.1) is 0 Å². The van der Waals surface area contributed by atoms with Gasteiger partial charge < -0.3 is 10.0 Å². The Balaban J connectivity index is 2.40. The highest BCUT2D eigenvalue weighted by molar-refractivity contribution is 5.88. The summed E-state index contributed by atoms with van der Waals surface area (Å²) in [5.74, 6) is -0.0188. The van der Waals surface area contributed by atoms with Crippen LogP contribution in [0.4, 0.5) is 0 Å². The molecule has 0 spiro atoms. The van der Waals surface area contributed by atoms with E-state index in [-0.39, 0.29) is 12.0 Å². The molecule has 0 bridgehead atoms. The lowest BCUT2D eigenvalue weighted by Crippen LogP contribution is -2.27. The SMILES string of the molecule is CC=CC=CC(=O)N1CCC(O)C1. The Morgan fingerprint density at radius 3 is 2.85 bits per heavy atom. The molecule has 0 aromatic rings. The van der Waals surface area contributed by atoms with Gasteiger partial charge in [0.1, 0.15) is 0 Å². The summed E-state index contributed by atoms with van der Waals surface area (Å²) in [7, 11) is 0. The molecule has 1 aliphatic heterocycles. The number of hydrogen-bond donors (Lipinski definition) is 1. The molecule has 0 radical (unpaired) electrons. The van der Waals surface area contributed by atoms with Crippen molar-refractivity contribution in [2.24, 2.45) is 0 Å². The number of amides is 1. The molecule has 0 aromatic carbocycles. The molecule has 3 heteroatoms. The molecule has 0 aliphatic carbocycles. The standard InChI is InChI=1S/C10H15NO2/c1-2-3-4-5-10(13)11-7-6-9(12)8-11/h2-5,9,12H,6-8H2,1H3. The van der Waals surface area contributed by atoms with Crippen molar-refractivity contribution in [2.45, 2.75) is 19.4 Å². The zero-order chi connectivity index (χ0) is 9.68. The van der Waals surface area contributed by atoms with Gasteiger partial charge in [0.05, 0.1) is 6.10 Å². The molecule has 0 aromatic heterocycles. The lowest BCUT2D eigenvalue weighted by atomic mass is 10.3. The van der Waals surface area contributed by atoms with Crippen LogP contribution in [0.2, 0.25) is 0 Å². The average molecular weight is 181 g/mol. The van der Waals surface area contributed by atoms with Gasteiger partial charge in [-0.05, 0) is 13.3 Å². The van der Waals surface area contributed by atoms with Gasteiger partial charge in [0.25, 0.3) is 0 Å². The number of allylic oxidation sites excluding steroid dienone is 3. The lowest BCUT2D eigenvalue weighted by molar-refractivity contribution is -0.125. The monoisotopic (exact) mass is 181 g/mol. The van der Waals surface area contributed by atoms with Crippen LogP contribution in [0.15, 0.2) is 24.3 Å². The van der Waals surface area contributed by atoms with Crippen molar-refractivity contribution >= 4 is 5.91 Å². The van der Waals surface area contributed by atoms with Crippen LogP contribution in [0.25, 0.3) is 0 Å². The van der Waals surface area contributed by atoms with Crippen molar-refractivity contribution in [1.82, 2.24) is 4.90 Å². The number of aliphatic hydroxyl groups is 1. The van der Waals surface area contributed by atoms with Crippen LogP contribution >= 0.6 is 0 Å². The highest BCUT2D eigenvalue weighted by Gasteiger charge is 2.22. The zero-order valence-electron chi connectivity index (χ0n) is 7.81. The van der Waals surface area contributed by atoms with E-state index in [1.807, 2.05) is 19.1 Å². The smallest absolute Gasteiger partial charge is 0.246 e. The molecule has 13 heavy (non-hydrogen) atoms. The van der Waals surface area contributed by atoms with Gasteiger partial charge >= 0.3 is 0 Å². The van der Waals surface area contributed by atoms with Crippen LogP contribution in [0.3, 0.4) is 0 Å². The largest absolute Gasteiger partial charge is 0.391 e. The maximum atomic E-state index is 11.4. The topological polar surface area (TPSA) is 40.5 Å². The molecule has 1 amide bonds. The first-order valence-electron chi connectivity index (χ1n) is 4.50. The zero-order valence-corrected chi connectivity index (χ0v) is 7.81. The predicted octanol–water partition coefficient (Wildman–Crippen LogP) is 0.712. The molecular weight excluding hydrogens is 166 g/mol. The predicted molar refractivity (Wildman–Crippen MR) is 51.2 cm³/mol. The van der Waals surface area contributed by atoms with Crippen LogP contribution < -0.4 is 0 Å². The first kappa shape index (κ1) is 9.99. The molecule has 3 nitrogen and oxygen atoms in total. The molecule has 1 unspecified atom stereocenters. The Morgan fingerprint density at radius 1 is 1.54 bits per heavy atom. The van der Waals surface area contributed by atoms with Crippen molar-refractivity contribution in [1.29, 1.82) is 0 Å². The van der Waals surface area contributed by atoms with E-state index in [9.17, 15) is 9.90 Å². The number of β-amino-alcohol motifs (C(OH)–C–C–N with tert-alkyl or cyclic N) is 1. The number of hydrogen-bond acceptors (Lipinski definition) is 2. The highest BCUT2D eigenvalue weighted by atomic mass is 16.3. The molecule has 1 rings (SSSR count). The van der Waals surface area contributed by atoms with Gasteiger partial charge in [0.2, 0.25) is 5.91 Å². The van der Waals surface area contributed by atoms with Gasteiger partial charge in [0.15, 0.2) is 0 Å². The summed E-state index contributed by atoms with van der Waals surface area (Å²) in [6.07, 6.45) is 7.28. The molecule has 0 saturated carbocycles. The summed E-state index contributed by atoms with van der Waals surface area (Å²) in [4.78, 5) is 13.0. The summed E-state index contributed by atoms with van der Waals surface area (Å²) in [5.41, 5.74) is 0. The Morgan fingerprint density at radius 2 is 2.31 bits per heavy atom. The van der Waals surface area contributed by atoms with Crippen molar-refractivity contribution in [3.8, 4) is 0 Å². The van der Waals surface area contributed by atoms with E-state index in [1.54, 1.807) is 11.0 Å². The van der Waals surface area contributed by atoms with Crippen LogP contribution in [0.1, 0.15) is 13.3 Å². The van der Waals surface area contributed by atoms with E-state index < -0.39 is 0 Å². The molecule has 72 valence electrons. The average Bonchev–Trinajstić information content (AvgIpc) is 2.52. The van der Waals surface area contributed by atoms with E-state index in [4.69, 9.17) is 0 Å². The van der Waals surface area contributed by atoms with Crippen LogP contribution in [-0.2, 0) is 4.79 Å². The minimum absolute atomic E-state index is 0.0188. The number of likely N-dealkylation sites (tertiary alicyclic amines) is 1. The fourth-order valence-electron chi connectivity index (χ4n) is 1.30.